The van der Waals surface area contributed by atoms with Crippen LogP contribution in [0.4, 0.5) is 0 Å². The molecule has 1 aromatic heterocycles. The van der Waals surface area contributed by atoms with Crippen molar-refractivity contribution in [1.29, 1.82) is 0 Å². The Morgan fingerprint density at radius 3 is 2.56 bits per heavy atom. The first-order valence-corrected chi connectivity index (χ1v) is 11.8. The zero-order chi connectivity index (χ0) is 26.2. The van der Waals surface area contributed by atoms with E-state index in [9.17, 15) is 20.0 Å². The van der Waals surface area contributed by atoms with Gasteiger partial charge in [0.15, 0.2) is 5.82 Å². The maximum atomic E-state index is 12.9. The van der Waals surface area contributed by atoms with Gasteiger partial charge in [-0.25, -0.2) is 4.98 Å². The van der Waals surface area contributed by atoms with Gasteiger partial charge in [0.05, 0.1) is 24.7 Å². The summed E-state index contributed by atoms with van der Waals surface area (Å²) in [6, 6.07) is 9.05. The molecule has 0 spiro atoms. The Bertz CT molecular complexity index is 1080. The topological polar surface area (TPSA) is 133 Å². The summed E-state index contributed by atoms with van der Waals surface area (Å²) in [4.78, 5) is 34.1. The van der Waals surface area contributed by atoms with Gasteiger partial charge in [-0.05, 0) is 42.7 Å². The second-order valence-corrected chi connectivity index (χ2v) is 8.78. The van der Waals surface area contributed by atoms with Gasteiger partial charge in [-0.1, -0.05) is 29.8 Å². The molecule has 36 heavy (non-hydrogen) atoms. The molecule has 0 saturated heterocycles. The number of esters is 1. The van der Waals surface area contributed by atoms with Gasteiger partial charge in [0.25, 0.3) is 5.70 Å². The van der Waals surface area contributed by atoms with E-state index in [2.05, 4.69) is 4.98 Å². The number of aromatic nitrogens is 1. The molecular formula is C24H30ClN5O6. The Labute approximate surface area is 214 Å². The normalized spacial score (nSPS) is 15.1. The molecule has 12 heteroatoms. The van der Waals surface area contributed by atoms with Crippen molar-refractivity contribution in [2.45, 2.75) is 25.9 Å². The number of carbonyl (C=O) groups is 1. The summed E-state index contributed by atoms with van der Waals surface area (Å²) in [6.45, 7) is 2.47. The van der Waals surface area contributed by atoms with Crippen LogP contribution in [0.2, 0.25) is 5.15 Å². The Kier molecular flexibility index (Phi) is 9.45. The number of hydrogen-bond acceptors (Lipinski definition) is 10. The standard InChI is InChI=1S/C24H30ClN5O6/c1-3-28(14-18-6-9-22(25)26-13-18)23-21(30(34)35)15-29(16-27(23)2)20(24(33)36-11-10-31)12-17-4-7-19(32)8-5-17/h4-9,13,20,31-32H,3,10-12,14-16H2,1-2H3. The molecule has 3 rings (SSSR count). The minimum Gasteiger partial charge on any atom is -0.508 e. The highest BCUT2D eigenvalue weighted by molar-refractivity contribution is 6.29. The molecule has 11 nitrogen and oxygen atoms in total. The van der Waals surface area contributed by atoms with Crippen LogP contribution in [-0.2, 0) is 22.5 Å². The Hall–Kier alpha value is -3.41. The molecule has 0 amide bonds. The van der Waals surface area contributed by atoms with Gasteiger partial charge in [0.1, 0.15) is 23.6 Å². The summed E-state index contributed by atoms with van der Waals surface area (Å²) in [5, 5.41) is 31.2. The SMILES string of the molecule is CCN(Cc1ccc(Cl)nc1)C1=C([N+](=O)[O-])CN(C(Cc2ccc(O)cc2)C(=O)OCCO)CN1C. The zero-order valence-corrected chi connectivity index (χ0v) is 21.0. The summed E-state index contributed by atoms with van der Waals surface area (Å²) in [6.07, 6.45) is 1.85. The number of phenols is 1. The van der Waals surface area contributed by atoms with Gasteiger partial charge in [0, 0.05) is 26.3 Å². The zero-order valence-electron chi connectivity index (χ0n) is 20.2. The maximum absolute atomic E-state index is 12.9. The monoisotopic (exact) mass is 519 g/mol. The first kappa shape index (κ1) is 27.2. The molecule has 0 bridgehead atoms. The predicted octanol–water partition coefficient (Wildman–Crippen LogP) is 2.06. The number of rotatable bonds is 11. The molecule has 0 aliphatic carbocycles. The van der Waals surface area contributed by atoms with Gasteiger partial charge in [-0.15, -0.1) is 0 Å². The fourth-order valence-electron chi connectivity index (χ4n) is 4.16. The van der Waals surface area contributed by atoms with Gasteiger partial charge in [-0.3, -0.25) is 19.8 Å². The van der Waals surface area contributed by atoms with Crippen LogP contribution in [0.5, 0.6) is 5.75 Å². The molecule has 0 saturated carbocycles. The fourth-order valence-corrected chi connectivity index (χ4v) is 4.27. The third kappa shape index (κ3) is 6.84. The van der Waals surface area contributed by atoms with E-state index in [-0.39, 0.29) is 44.3 Å². The fraction of sp³-hybridized carbons (Fsp3) is 0.417. The average molecular weight is 520 g/mol. The van der Waals surface area contributed by atoms with Crippen molar-refractivity contribution < 1.29 is 24.7 Å². The minimum atomic E-state index is -0.837. The Morgan fingerprint density at radius 1 is 1.28 bits per heavy atom. The van der Waals surface area contributed by atoms with E-state index in [0.29, 0.717) is 24.1 Å². The third-order valence-corrected chi connectivity index (χ3v) is 6.07. The Morgan fingerprint density at radius 2 is 1.97 bits per heavy atom. The number of hydrogen-bond donors (Lipinski definition) is 2. The van der Waals surface area contributed by atoms with Gasteiger partial charge in [-0.2, -0.15) is 0 Å². The van der Waals surface area contributed by atoms with Crippen LogP contribution in [0.1, 0.15) is 18.1 Å². The van der Waals surface area contributed by atoms with Crippen molar-refractivity contribution in [3.05, 3.63) is 80.5 Å². The number of nitro groups is 1. The van der Waals surface area contributed by atoms with Crippen LogP contribution in [0.15, 0.2) is 54.1 Å². The van der Waals surface area contributed by atoms with Crippen molar-refractivity contribution >= 4 is 17.6 Å². The summed E-state index contributed by atoms with van der Waals surface area (Å²) < 4.78 is 5.21. The first-order chi connectivity index (χ1) is 17.2. The molecule has 2 aromatic rings. The summed E-state index contributed by atoms with van der Waals surface area (Å²) in [7, 11) is 1.74. The minimum absolute atomic E-state index is 0.0433. The van der Waals surface area contributed by atoms with Gasteiger partial charge in [0.2, 0.25) is 0 Å². The third-order valence-electron chi connectivity index (χ3n) is 5.84. The van der Waals surface area contributed by atoms with E-state index < -0.39 is 16.9 Å². The highest BCUT2D eigenvalue weighted by atomic mass is 35.5. The molecule has 1 aliphatic heterocycles. The smallest absolute Gasteiger partial charge is 0.323 e. The van der Waals surface area contributed by atoms with E-state index in [0.717, 1.165) is 11.1 Å². The molecule has 2 heterocycles. The van der Waals surface area contributed by atoms with Crippen molar-refractivity contribution in [3.63, 3.8) is 0 Å². The second kappa shape index (κ2) is 12.5. The van der Waals surface area contributed by atoms with Crippen LogP contribution in [0.25, 0.3) is 0 Å². The largest absolute Gasteiger partial charge is 0.508 e. The summed E-state index contributed by atoms with van der Waals surface area (Å²) in [5.74, 6) is -0.0355. The lowest BCUT2D eigenvalue weighted by molar-refractivity contribution is -0.434. The number of phenolic OH excluding ortho intramolecular Hbond substituents is 1. The van der Waals surface area contributed by atoms with E-state index in [1.165, 1.54) is 12.1 Å². The van der Waals surface area contributed by atoms with E-state index in [4.69, 9.17) is 21.4 Å². The number of carbonyl (C=O) groups excluding carboxylic acids is 1. The lowest BCUT2D eigenvalue weighted by atomic mass is 10.0. The molecule has 0 fully saturated rings. The second-order valence-electron chi connectivity index (χ2n) is 8.39. The number of halogens is 1. The van der Waals surface area contributed by atoms with E-state index >= 15 is 0 Å². The van der Waals surface area contributed by atoms with Crippen LogP contribution in [0, 0.1) is 10.1 Å². The van der Waals surface area contributed by atoms with Crippen LogP contribution < -0.4 is 0 Å². The number of benzene rings is 1. The molecule has 1 aliphatic rings. The molecule has 0 radical (unpaired) electrons. The molecular weight excluding hydrogens is 490 g/mol. The predicted molar refractivity (Wildman–Crippen MR) is 132 cm³/mol. The Balaban J connectivity index is 1.91. The van der Waals surface area contributed by atoms with Crippen molar-refractivity contribution in [1.82, 2.24) is 19.7 Å². The van der Waals surface area contributed by atoms with Crippen LogP contribution >= 0.6 is 11.6 Å². The molecule has 1 aromatic carbocycles. The number of nitrogens with zero attached hydrogens (tertiary/aromatic N) is 5. The number of aliphatic hydroxyl groups is 1. The lowest BCUT2D eigenvalue weighted by Crippen LogP contribution is -2.54. The highest BCUT2D eigenvalue weighted by Crippen LogP contribution is 2.26. The number of aromatic hydroxyl groups is 1. The van der Waals surface area contributed by atoms with Crippen molar-refractivity contribution in [2.24, 2.45) is 0 Å². The number of pyridine rings is 1. The molecule has 1 atom stereocenters. The first-order valence-electron chi connectivity index (χ1n) is 11.5. The van der Waals surface area contributed by atoms with Crippen molar-refractivity contribution in [3.8, 4) is 5.75 Å². The quantitative estimate of drug-likeness (QED) is 0.197. The average Bonchev–Trinajstić information content (AvgIpc) is 2.86. The molecule has 194 valence electrons. The molecule has 2 N–H and O–H groups in total. The number of aliphatic hydroxyl groups excluding tert-OH is 1. The van der Waals surface area contributed by atoms with Crippen LogP contribution in [-0.4, -0.2) is 86.9 Å². The summed E-state index contributed by atoms with van der Waals surface area (Å²) >= 11 is 5.89. The van der Waals surface area contributed by atoms with E-state index in [1.54, 1.807) is 41.2 Å². The maximum Gasteiger partial charge on any atom is 0.323 e. The molecule has 1 unspecified atom stereocenters. The number of ether oxygens (including phenoxy) is 1. The summed E-state index contributed by atoms with van der Waals surface area (Å²) in [5.41, 5.74) is 1.56. The van der Waals surface area contributed by atoms with Crippen molar-refractivity contribution in [2.75, 3.05) is 40.0 Å². The highest BCUT2D eigenvalue weighted by Gasteiger charge is 2.39. The van der Waals surface area contributed by atoms with E-state index in [1.807, 2.05) is 17.9 Å². The van der Waals surface area contributed by atoms with Gasteiger partial charge < -0.3 is 24.7 Å². The van der Waals surface area contributed by atoms with Gasteiger partial charge >= 0.3 is 5.97 Å². The lowest BCUT2D eigenvalue weighted by Gasteiger charge is -2.41. The van der Waals surface area contributed by atoms with Crippen LogP contribution in [0.3, 0.4) is 0 Å².